The molecule has 0 unspecified atom stereocenters. The van der Waals surface area contributed by atoms with Gasteiger partial charge in [0.05, 0.1) is 24.1 Å². The van der Waals surface area contributed by atoms with Crippen molar-refractivity contribution in [2.75, 3.05) is 5.75 Å². The Balaban J connectivity index is 1.72. The van der Waals surface area contributed by atoms with Gasteiger partial charge < -0.3 is 14.7 Å². The monoisotopic (exact) mass is 346 g/mol. The van der Waals surface area contributed by atoms with E-state index in [9.17, 15) is 9.59 Å². The van der Waals surface area contributed by atoms with Gasteiger partial charge in [-0.25, -0.2) is 4.98 Å². The summed E-state index contributed by atoms with van der Waals surface area (Å²) < 4.78 is 6.74. The van der Waals surface area contributed by atoms with Gasteiger partial charge in [-0.3, -0.25) is 14.2 Å². The lowest BCUT2D eigenvalue weighted by Crippen LogP contribution is -2.26. The van der Waals surface area contributed by atoms with E-state index < -0.39 is 0 Å². The van der Waals surface area contributed by atoms with Crippen molar-refractivity contribution in [1.29, 1.82) is 0 Å². The number of thioether (sulfide) groups is 1. The van der Waals surface area contributed by atoms with Crippen molar-refractivity contribution in [2.45, 2.75) is 32.1 Å². The summed E-state index contributed by atoms with van der Waals surface area (Å²) in [7, 11) is 0. The SMILES string of the molecule is CCn1c(SCC(=O)NCc2ccco2)nc2cc(C)[nH]c2c1=O. The van der Waals surface area contributed by atoms with E-state index in [1.807, 2.05) is 19.9 Å². The maximum Gasteiger partial charge on any atom is 0.278 e. The van der Waals surface area contributed by atoms with Crippen LogP contribution in [0.3, 0.4) is 0 Å². The van der Waals surface area contributed by atoms with Gasteiger partial charge in [-0.05, 0) is 32.0 Å². The number of amides is 1. The molecule has 0 aliphatic rings. The van der Waals surface area contributed by atoms with Crippen LogP contribution in [-0.2, 0) is 17.9 Å². The van der Waals surface area contributed by atoms with Gasteiger partial charge >= 0.3 is 0 Å². The number of hydrogen-bond acceptors (Lipinski definition) is 5. The van der Waals surface area contributed by atoms with Crippen molar-refractivity contribution in [3.63, 3.8) is 0 Å². The summed E-state index contributed by atoms with van der Waals surface area (Å²) >= 11 is 1.25. The zero-order valence-electron chi connectivity index (χ0n) is 13.5. The standard InChI is InChI=1S/C16H18N4O3S/c1-3-20-15(22)14-12(7-10(2)18-14)19-16(20)24-9-13(21)17-8-11-5-4-6-23-11/h4-7,18H,3,8-9H2,1-2H3,(H,17,21). The second kappa shape index (κ2) is 6.96. The first-order chi connectivity index (χ1) is 11.6. The van der Waals surface area contributed by atoms with E-state index in [0.717, 1.165) is 5.69 Å². The molecular formula is C16H18N4O3S. The zero-order valence-corrected chi connectivity index (χ0v) is 14.3. The summed E-state index contributed by atoms with van der Waals surface area (Å²) in [5, 5.41) is 3.32. The highest BCUT2D eigenvalue weighted by Crippen LogP contribution is 2.18. The minimum absolute atomic E-state index is 0.117. The van der Waals surface area contributed by atoms with Crippen LogP contribution in [-0.4, -0.2) is 26.2 Å². The van der Waals surface area contributed by atoms with Crippen molar-refractivity contribution >= 4 is 28.7 Å². The number of aromatic nitrogens is 3. The van der Waals surface area contributed by atoms with Gasteiger partial charge in [-0.2, -0.15) is 0 Å². The molecule has 2 N–H and O–H groups in total. The van der Waals surface area contributed by atoms with Crippen LogP contribution in [0.5, 0.6) is 0 Å². The third kappa shape index (κ3) is 3.38. The lowest BCUT2D eigenvalue weighted by Gasteiger charge is -2.09. The van der Waals surface area contributed by atoms with Crippen LogP contribution in [0.25, 0.3) is 11.0 Å². The van der Waals surface area contributed by atoms with Crippen molar-refractivity contribution in [3.05, 3.63) is 46.3 Å². The molecule has 0 aliphatic heterocycles. The van der Waals surface area contributed by atoms with Crippen molar-refractivity contribution in [1.82, 2.24) is 19.9 Å². The summed E-state index contributed by atoms with van der Waals surface area (Å²) in [6.45, 7) is 4.60. The number of aryl methyl sites for hydroxylation is 1. The van der Waals surface area contributed by atoms with Crippen LogP contribution in [0.1, 0.15) is 18.4 Å². The fraction of sp³-hybridized carbons (Fsp3) is 0.312. The van der Waals surface area contributed by atoms with Gasteiger partial charge in [-0.15, -0.1) is 0 Å². The number of H-pyrrole nitrogens is 1. The van der Waals surface area contributed by atoms with Crippen LogP contribution < -0.4 is 10.9 Å². The molecule has 3 rings (SSSR count). The van der Waals surface area contributed by atoms with Crippen molar-refractivity contribution in [3.8, 4) is 0 Å². The molecule has 0 spiro atoms. The van der Waals surface area contributed by atoms with Gasteiger partial charge in [0.25, 0.3) is 5.56 Å². The van der Waals surface area contributed by atoms with E-state index in [1.54, 1.807) is 23.0 Å². The first-order valence-corrected chi connectivity index (χ1v) is 8.59. The Bertz CT molecular complexity index is 911. The predicted molar refractivity (Wildman–Crippen MR) is 92.0 cm³/mol. The average molecular weight is 346 g/mol. The zero-order chi connectivity index (χ0) is 17.1. The number of hydrogen-bond donors (Lipinski definition) is 2. The lowest BCUT2D eigenvalue weighted by molar-refractivity contribution is -0.118. The molecule has 0 saturated heterocycles. The van der Waals surface area contributed by atoms with Crippen molar-refractivity contribution < 1.29 is 9.21 Å². The number of carbonyl (C=O) groups excluding carboxylic acids is 1. The van der Waals surface area contributed by atoms with E-state index in [-0.39, 0.29) is 17.2 Å². The van der Waals surface area contributed by atoms with E-state index in [2.05, 4.69) is 15.3 Å². The highest BCUT2D eigenvalue weighted by molar-refractivity contribution is 7.99. The molecule has 0 saturated carbocycles. The molecule has 126 valence electrons. The summed E-state index contributed by atoms with van der Waals surface area (Å²) in [6.07, 6.45) is 1.56. The van der Waals surface area contributed by atoms with Gasteiger partial charge in [0.15, 0.2) is 5.16 Å². The Labute approximate surface area is 142 Å². The van der Waals surface area contributed by atoms with Crippen LogP contribution in [0.4, 0.5) is 0 Å². The molecule has 1 amide bonds. The van der Waals surface area contributed by atoms with Crippen molar-refractivity contribution in [2.24, 2.45) is 0 Å². The minimum Gasteiger partial charge on any atom is -0.467 e. The Morgan fingerprint density at radius 1 is 1.50 bits per heavy atom. The lowest BCUT2D eigenvalue weighted by atomic mass is 10.4. The van der Waals surface area contributed by atoms with E-state index in [1.165, 1.54) is 11.8 Å². The second-order valence-corrected chi connectivity index (χ2v) is 6.24. The highest BCUT2D eigenvalue weighted by Gasteiger charge is 2.14. The summed E-state index contributed by atoms with van der Waals surface area (Å²) in [5.41, 5.74) is 1.89. The van der Waals surface area contributed by atoms with E-state index >= 15 is 0 Å². The van der Waals surface area contributed by atoms with Gasteiger partial charge in [0.2, 0.25) is 5.91 Å². The Kier molecular flexibility index (Phi) is 4.75. The third-order valence-electron chi connectivity index (χ3n) is 3.53. The number of nitrogens with one attached hydrogen (secondary N) is 2. The molecule has 0 radical (unpaired) electrons. The predicted octanol–water partition coefficient (Wildman–Crippen LogP) is 2.05. The second-order valence-electron chi connectivity index (χ2n) is 5.30. The number of aromatic amines is 1. The van der Waals surface area contributed by atoms with Crippen LogP contribution in [0.15, 0.2) is 38.8 Å². The Morgan fingerprint density at radius 2 is 2.33 bits per heavy atom. The number of furan rings is 1. The molecule has 8 heteroatoms. The quantitative estimate of drug-likeness (QED) is 0.526. The topological polar surface area (TPSA) is 92.9 Å². The summed E-state index contributed by atoms with van der Waals surface area (Å²) in [6, 6.07) is 5.40. The Hall–Kier alpha value is -2.48. The summed E-state index contributed by atoms with van der Waals surface area (Å²) in [4.78, 5) is 32.0. The molecule has 0 fully saturated rings. The Morgan fingerprint density at radius 3 is 3.04 bits per heavy atom. The van der Waals surface area contributed by atoms with Gasteiger partial charge in [0.1, 0.15) is 11.3 Å². The number of carbonyl (C=O) groups is 1. The molecule has 0 bridgehead atoms. The van der Waals surface area contributed by atoms with E-state index in [4.69, 9.17) is 4.42 Å². The molecule has 3 aromatic heterocycles. The molecule has 0 atom stereocenters. The van der Waals surface area contributed by atoms with E-state index in [0.29, 0.717) is 35.0 Å². The number of fused-ring (bicyclic) bond motifs is 1. The summed E-state index contributed by atoms with van der Waals surface area (Å²) in [5.74, 6) is 0.738. The number of rotatable bonds is 6. The number of nitrogens with zero attached hydrogens (tertiary/aromatic N) is 2. The minimum atomic E-state index is -0.140. The maximum absolute atomic E-state index is 12.5. The first kappa shape index (κ1) is 16.4. The molecule has 3 heterocycles. The van der Waals surface area contributed by atoms with Gasteiger partial charge in [0, 0.05) is 12.2 Å². The fourth-order valence-electron chi connectivity index (χ4n) is 2.38. The van der Waals surface area contributed by atoms with Crippen LogP contribution in [0, 0.1) is 6.92 Å². The van der Waals surface area contributed by atoms with Crippen LogP contribution in [0.2, 0.25) is 0 Å². The normalized spacial score (nSPS) is 11.1. The van der Waals surface area contributed by atoms with Gasteiger partial charge in [-0.1, -0.05) is 11.8 Å². The highest BCUT2D eigenvalue weighted by atomic mass is 32.2. The maximum atomic E-state index is 12.5. The fourth-order valence-corrected chi connectivity index (χ4v) is 3.27. The first-order valence-electron chi connectivity index (χ1n) is 7.60. The molecule has 24 heavy (non-hydrogen) atoms. The van der Waals surface area contributed by atoms with Crippen LogP contribution >= 0.6 is 11.8 Å². The molecule has 0 aromatic carbocycles. The smallest absolute Gasteiger partial charge is 0.278 e. The molecule has 7 nitrogen and oxygen atoms in total. The largest absolute Gasteiger partial charge is 0.467 e. The third-order valence-corrected chi connectivity index (χ3v) is 4.50. The molecular weight excluding hydrogens is 328 g/mol. The average Bonchev–Trinajstić information content (AvgIpc) is 3.20. The molecule has 3 aromatic rings. The molecule has 0 aliphatic carbocycles.